The first kappa shape index (κ1) is 10.4. The lowest BCUT2D eigenvalue weighted by Gasteiger charge is -2.35. The van der Waals surface area contributed by atoms with Crippen molar-refractivity contribution in [1.82, 2.24) is 0 Å². The minimum Gasteiger partial charge on any atom is -0.380 e. The molecule has 1 nitrogen and oxygen atoms in total. The molecule has 11 heavy (non-hydrogen) atoms. The topological polar surface area (TPSA) is 9.23 Å². The van der Waals surface area contributed by atoms with Crippen molar-refractivity contribution in [3.63, 3.8) is 0 Å². The summed E-state index contributed by atoms with van der Waals surface area (Å²) in [4.78, 5) is 0.666. The lowest BCUT2D eigenvalue weighted by molar-refractivity contribution is 0.0828. The van der Waals surface area contributed by atoms with Crippen molar-refractivity contribution in [2.24, 2.45) is 0 Å². The zero-order chi connectivity index (χ0) is 8.43. The van der Waals surface area contributed by atoms with Gasteiger partial charge in [0.1, 0.15) is 0 Å². The lowest BCUT2D eigenvalue weighted by Crippen LogP contribution is -2.39. The van der Waals surface area contributed by atoms with E-state index in [1.165, 1.54) is 12.8 Å². The van der Waals surface area contributed by atoms with Gasteiger partial charge in [-0.15, -0.1) is 18.5 Å². The molecule has 0 bridgehead atoms. The normalized spacial score (nSPS) is 45.8. The maximum Gasteiger partial charge on any atom is 0.0696 e. The molecule has 1 saturated carbocycles. The fourth-order valence-electron chi connectivity index (χ4n) is 1.62. The smallest absolute Gasteiger partial charge is 0.0696 e. The number of ether oxygens (including phenoxy) is 1. The third kappa shape index (κ3) is 2.62. The molecule has 0 aromatic carbocycles. The summed E-state index contributed by atoms with van der Waals surface area (Å²) in [6.45, 7) is 0. The molecule has 0 amide bonds. The van der Waals surface area contributed by atoms with Crippen molar-refractivity contribution < 1.29 is 4.74 Å². The minimum atomic E-state index is 0.402. The molecule has 0 spiro atoms. The molecule has 0 heterocycles. The lowest BCUT2D eigenvalue weighted by atomic mass is 9.96. The van der Waals surface area contributed by atoms with Crippen molar-refractivity contribution in [3.05, 3.63) is 0 Å². The summed E-state index contributed by atoms with van der Waals surface area (Å²) in [6.07, 6.45) is 2.81. The Labute approximate surface area is 81.6 Å². The molecular formula is C7H15BrOP2. The SMILES string of the molecule is COC1C(P)CC(Br)CC1P. The molecule has 1 fully saturated rings. The number of methoxy groups -OCH3 is 1. The number of halogens is 1. The van der Waals surface area contributed by atoms with Gasteiger partial charge < -0.3 is 4.74 Å². The molecule has 0 aliphatic heterocycles. The Morgan fingerprint density at radius 2 is 1.73 bits per heavy atom. The quantitative estimate of drug-likeness (QED) is 0.516. The van der Waals surface area contributed by atoms with E-state index in [1.807, 2.05) is 0 Å². The first-order valence-corrected chi connectivity index (χ1v) is 6.08. The van der Waals surface area contributed by atoms with Gasteiger partial charge in [0.15, 0.2) is 0 Å². The highest BCUT2D eigenvalue weighted by Crippen LogP contribution is 2.34. The van der Waals surface area contributed by atoms with Crippen LogP contribution in [0.5, 0.6) is 0 Å². The molecule has 4 atom stereocenters. The van der Waals surface area contributed by atoms with Gasteiger partial charge in [-0.05, 0) is 12.8 Å². The number of alkyl halides is 1. The predicted molar refractivity (Wildman–Crippen MR) is 59.7 cm³/mol. The van der Waals surface area contributed by atoms with Crippen LogP contribution in [-0.4, -0.2) is 29.4 Å². The zero-order valence-electron chi connectivity index (χ0n) is 6.66. The third-order valence-corrected chi connectivity index (χ3v) is 4.22. The number of hydrogen-bond donors (Lipinski definition) is 0. The van der Waals surface area contributed by atoms with Crippen LogP contribution in [0, 0.1) is 0 Å². The second-order valence-electron chi connectivity index (χ2n) is 3.10. The van der Waals surface area contributed by atoms with E-state index in [0.717, 1.165) is 0 Å². The summed E-state index contributed by atoms with van der Waals surface area (Å²) in [5.74, 6) is 0. The Bertz CT molecular complexity index is 122. The second kappa shape index (κ2) is 4.51. The first-order valence-electron chi connectivity index (χ1n) is 3.83. The van der Waals surface area contributed by atoms with Crippen LogP contribution < -0.4 is 0 Å². The molecule has 0 saturated heterocycles. The Morgan fingerprint density at radius 3 is 2.09 bits per heavy atom. The molecule has 1 rings (SSSR count). The van der Waals surface area contributed by atoms with E-state index in [1.54, 1.807) is 7.11 Å². The van der Waals surface area contributed by atoms with E-state index in [9.17, 15) is 0 Å². The van der Waals surface area contributed by atoms with Gasteiger partial charge in [0.05, 0.1) is 6.10 Å². The zero-order valence-corrected chi connectivity index (χ0v) is 10.6. The van der Waals surface area contributed by atoms with E-state index in [2.05, 4.69) is 34.4 Å². The van der Waals surface area contributed by atoms with Crippen molar-refractivity contribution >= 4 is 34.4 Å². The van der Waals surface area contributed by atoms with Crippen LogP contribution in [0.3, 0.4) is 0 Å². The van der Waals surface area contributed by atoms with Gasteiger partial charge in [-0.3, -0.25) is 0 Å². The van der Waals surface area contributed by atoms with Gasteiger partial charge in [0.2, 0.25) is 0 Å². The summed E-state index contributed by atoms with van der Waals surface area (Å²) in [5.41, 5.74) is 1.20. The van der Waals surface area contributed by atoms with Crippen molar-refractivity contribution in [2.45, 2.75) is 35.1 Å². The summed E-state index contributed by atoms with van der Waals surface area (Å²) in [5, 5.41) is 0. The Hall–Kier alpha value is 1.30. The predicted octanol–water partition coefficient (Wildman–Crippen LogP) is 2.05. The maximum absolute atomic E-state index is 5.40. The molecule has 66 valence electrons. The maximum atomic E-state index is 5.40. The number of rotatable bonds is 1. The van der Waals surface area contributed by atoms with Crippen LogP contribution >= 0.6 is 34.4 Å². The van der Waals surface area contributed by atoms with Crippen LogP contribution in [0.25, 0.3) is 0 Å². The fourth-order valence-corrected chi connectivity index (χ4v) is 5.08. The van der Waals surface area contributed by atoms with Gasteiger partial charge in [-0.2, -0.15) is 0 Å². The van der Waals surface area contributed by atoms with Crippen molar-refractivity contribution in [1.29, 1.82) is 0 Å². The van der Waals surface area contributed by atoms with Gasteiger partial charge in [0.25, 0.3) is 0 Å². The average molecular weight is 257 g/mol. The standard InChI is InChI=1S/C7H15BrOP2/c1-9-7-5(10)2-4(8)3-6(7)11/h4-7H,2-3,10-11H2,1H3. The molecule has 0 aromatic heterocycles. The van der Waals surface area contributed by atoms with E-state index >= 15 is 0 Å². The highest BCUT2D eigenvalue weighted by Gasteiger charge is 2.32. The molecule has 4 unspecified atom stereocenters. The molecule has 1 aliphatic carbocycles. The Morgan fingerprint density at radius 1 is 1.27 bits per heavy atom. The highest BCUT2D eigenvalue weighted by atomic mass is 79.9. The Kier molecular flexibility index (Phi) is 4.26. The van der Waals surface area contributed by atoms with Gasteiger partial charge in [-0.1, -0.05) is 15.9 Å². The average Bonchev–Trinajstić information content (AvgIpc) is 1.85. The fraction of sp³-hybridized carbons (Fsp3) is 1.00. The molecule has 0 aromatic rings. The monoisotopic (exact) mass is 256 g/mol. The van der Waals surface area contributed by atoms with Crippen LogP contribution in [0.15, 0.2) is 0 Å². The molecule has 1 aliphatic rings. The third-order valence-electron chi connectivity index (χ3n) is 2.17. The van der Waals surface area contributed by atoms with Gasteiger partial charge in [0, 0.05) is 23.3 Å². The van der Waals surface area contributed by atoms with Crippen LogP contribution in [0.1, 0.15) is 12.8 Å². The van der Waals surface area contributed by atoms with Gasteiger partial charge in [-0.25, -0.2) is 0 Å². The van der Waals surface area contributed by atoms with E-state index in [0.29, 0.717) is 22.2 Å². The van der Waals surface area contributed by atoms with E-state index in [4.69, 9.17) is 4.74 Å². The summed E-state index contributed by atoms with van der Waals surface area (Å²) < 4.78 is 5.40. The van der Waals surface area contributed by atoms with E-state index in [-0.39, 0.29) is 0 Å². The van der Waals surface area contributed by atoms with Gasteiger partial charge >= 0.3 is 0 Å². The Balaban J connectivity index is 2.52. The largest absolute Gasteiger partial charge is 0.380 e. The van der Waals surface area contributed by atoms with Crippen LogP contribution in [0.4, 0.5) is 0 Å². The summed E-state index contributed by atoms with van der Waals surface area (Å²) >= 11 is 3.64. The molecular weight excluding hydrogens is 242 g/mol. The summed E-state index contributed by atoms with van der Waals surface area (Å²) in [6, 6.07) is 0. The second-order valence-corrected chi connectivity index (χ2v) is 6.10. The molecule has 0 radical (unpaired) electrons. The van der Waals surface area contributed by atoms with Crippen LogP contribution in [0.2, 0.25) is 0 Å². The van der Waals surface area contributed by atoms with E-state index < -0.39 is 0 Å². The van der Waals surface area contributed by atoms with Crippen molar-refractivity contribution in [3.8, 4) is 0 Å². The highest BCUT2D eigenvalue weighted by molar-refractivity contribution is 9.09. The molecule has 0 N–H and O–H groups in total. The molecule has 4 heteroatoms. The van der Waals surface area contributed by atoms with Crippen LogP contribution in [-0.2, 0) is 4.74 Å². The van der Waals surface area contributed by atoms with Crippen molar-refractivity contribution in [2.75, 3.05) is 7.11 Å². The number of hydrogen-bond acceptors (Lipinski definition) is 1. The minimum absolute atomic E-state index is 0.402. The first-order chi connectivity index (χ1) is 5.15. The summed E-state index contributed by atoms with van der Waals surface area (Å²) in [7, 11) is 7.54.